The fourth-order valence-corrected chi connectivity index (χ4v) is 2.68. The van der Waals surface area contributed by atoms with E-state index in [4.69, 9.17) is 0 Å². The largest absolute Gasteiger partial charge is 0.371 e. The molecule has 0 aliphatic carbocycles. The molecule has 0 unspecified atom stereocenters. The van der Waals surface area contributed by atoms with Crippen molar-refractivity contribution in [1.29, 1.82) is 0 Å². The molecule has 1 aromatic rings. The average molecular weight is 308 g/mol. The van der Waals surface area contributed by atoms with Gasteiger partial charge in [-0.05, 0) is 13.8 Å². The van der Waals surface area contributed by atoms with Crippen molar-refractivity contribution in [2.24, 2.45) is 0 Å². The molecule has 0 radical (unpaired) electrons. The molecule has 0 aliphatic rings. The minimum absolute atomic E-state index is 0.0821. The van der Waals surface area contributed by atoms with Gasteiger partial charge in [-0.1, -0.05) is 0 Å². The van der Waals surface area contributed by atoms with E-state index in [2.05, 4.69) is 20.3 Å². The van der Waals surface area contributed by atoms with Crippen LogP contribution in [0.3, 0.4) is 0 Å². The predicted molar refractivity (Wildman–Crippen MR) is 74.2 cm³/mol. The summed E-state index contributed by atoms with van der Waals surface area (Å²) in [6, 6.07) is 0.707. The molecular formula is C11H18F2N4O2S. The minimum atomic E-state index is -3.39. The molecule has 0 amide bonds. The number of hydrogen-bond donors (Lipinski definition) is 3. The molecule has 0 bridgehead atoms. The zero-order chi connectivity index (χ0) is 15.6. The minimum Gasteiger partial charge on any atom is -0.371 e. The van der Waals surface area contributed by atoms with Crippen LogP contribution in [0.15, 0.2) is 6.07 Å². The van der Waals surface area contributed by atoms with Crippen LogP contribution < -0.4 is 15.4 Å². The van der Waals surface area contributed by atoms with Gasteiger partial charge in [0.15, 0.2) is 23.3 Å². The molecule has 9 heteroatoms. The summed E-state index contributed by atoms with van der Waals surface area (Å²) in [4.78, 5) is 3.74. The molecule has 0 saturated heterocycles. The first kappa shape index (κ1) is 16.6. The van der Waals surface area contributed by atoms with Crippen LogP contribution in [0, 0.1) is 11.6 Å². The van der Waals surface area contributed by atoms with Gasteiger partial charge >= 0.3 is 0 Å². The third-order valence-electron chi connectivity index (χ3n) is 2.33. The number of anilines is 2. The fraction of sp³-hybridized carbons (Fsp3) is 0.545. The third-order valence-corrected chi connectivity index (χ3v) is 3.25. The van der Waals surface area contributed by atoms with Crippen molar-refractivity contribution in [3.05, 3.63) is 17.7 Å². The molecule has 20 heavy (non-hydrogen) atoms. The Morgan fingerprint density at radius 3 is 2.30 bits per heavy atom. The molecule has 114 valence electrons. The molecule has 6 nitrogen and oxygen atoms in total. The van der Waals surface area contributed by atoms with E-state index in [9.17, 15) is 17.2 Å². The number of hydrogen-bond acceptors (Lipinski definition) is 5. The number of halogens is 2. The zero-order valence-electron chi connectivity index (χ0n) is 11.7. The van der Waals surface area contributed by atoms with E-state index in [-0.39, 0.29) is 18.2 Å². The first-order chi connectivity index (χ1) is 9.04. The monoisotopic (exact) mass is 308 g/mol. The van der Waals surface area contributed by atoms with Crippen molar-refractivity contribution in [2.75, 3.05) is 30.5 Å². The number of sulfonamides is 1. The summed E-state index contributed by atoms with van der Waals surface area (Å²) in [5.41, 5.74) is -0.851. The second-order valence-corrected chi connectivity index (χ2v) is 6.76. The molecule has 1 aromatic heterocycles. The van der Waals surface area contributed by atoms with Crippen LogP contribution in [-0.2, 0) is 10.0 Å². The van der Waals surface area contributed by atoms with Gasteiger partial charge in [-0.2, -0.15) is 0 Å². The van der Waals surface area contributed by atoms with Gasteiger partial charge in [-0.3, -0.25) is 0 Å². The first-order valence-electron chi connectivity index (χ1n) is 5.81. The van der Waals surface area contributed by atoms with E-state index >= 15 is 0 Å². The second-order valence-electron chi connectivity index (χ2n) is 5.01. The van der Waals surface area contributed by atoms with Gasteiger partial charge < -0.3 is 10.6 Å². The van der Waals surface area contributed by atoms with Crippen molar-refractivity contribution in [3.63, 3.8) is 0 Å². The standard InChI is InChI=1S/C11H18F2N4O2S/c1-11(2,17-20(4,18)19)6-15-10-8(13)5-7(12)9(14-3)16-10/h5,17H,6H2,1-4H3,(H2,14,15,16). The Morgan fingerprint density at radius 1 is 1.25 bits per heavy atom. The fourth-order valence-electron chi connectivity index (χ4n) is 1.61. The summed E-state index contributed by atoms with van der Waals surface area (Å²) in [7, 11) is -1.93. The van der Waals surface area contributed by atoms with Crippen LogP contribution in [0.4, 0.5) is 20.4 Å². The van der Waals surface area contributed by atoms with E-state index in [1.54, 1.807) is 13.8 Å². The molecule has 0 spiro atoms. The maximum absolute atomic E-state index is 13.5. The quantitative estimate of drug-likeness (QED) is 0.734. The van der Waals surface area contributed by atoms with Gasteiger partial charge in [0.2, 0.25) is 10.0 Å². The number of nitrogens with one attached hydrogen (secondary N) is 3. The second kappa shape index (κ2) is 5.88. The molecule has 1 heterocycles. The molecule has 0 saturated carbocycles. The number of pyridine rings is 1. The van der Waals surface area contributed by atoms with Crippen molar-refractivity contribution in [3.8, 4) is 0 Å². The summed E-state index contributed by atoms with van der Waals surface area (Å²) in [5.74, 6) is -1.90. The highest BCUT2D eigenvalue weighted by atomic mass is 32.2. The Kier molecular flexibility index (Phi) is 4.87. The maximum Gasteiger partial charge on any atom is 0.209 e. The Balaban J connectivity index is 2.84. The molecule has 3 N–H and O–H groups in total. The Morgan fingerprint density at radius 2 is 1.80 bits per heavy atom. The Labute approximate surface area is 117 Å². The summed E-state index contributed by atoms with van der Waals surface area (Å²) in [6.07, 6.45) is 1.03. The SMILES string of the molecule is CNc1nc(NCC(C)(C)NS(C)(=O)=O)c(F)cc1F. The molecule has 1 rings (SSSR count). The van der Waals surface area contributed by atoms with Crippen molar-refractivity contribution >= 4 is 21.7 Å². The Hall–Kier alpha value is -1.48. The highest BCUT2D eigenvalue weighted by Crippen LogP contribution is 2.19. The molecular weight excluding hydrogens is 290 g/mol. The van der Waals surface area contributed by atoms with E-state index in [0.29, 0.717) is 6.07 Å². The van der Waals surface area contributed by atoms with E-state index in [0.717, 1.165) is 6.26 Å². The van der Waals surface area contributed by atoms with Crippen LogP contribution in [0.25, 0.3) is 0 Å². The summed E-state index contributed by atoms with van der Waals surface area (Å²) in [6.45, 7) is 3.34. The van der Waals surface area contributed by atoms with Crippen molar-refractivity contribution < 1.29 is 17.2 Å². The van der Waals surface area contributed by atoms with Gasteiger partial charge in [-0.15, -0.1) is 0 Å². The summed E-state index contributed by atoms with van der Waals surface area (Å²) in [5, 5.41) is 5.15. The van der Waals surface area contributed by atoms with Crippen LogP contribution in [0.2, 0.25) is 0 Å². The topological polar surface area (TPSA) is 83.1 Å². The van der Waals surface area contributed by atoms with Crippen LogP contribution in [0.5, 0.6) is 0 Å². The van der Waals surface area contributed by atoms with Gasteiger partial charge in [0.05, 0.1) is 6.26 Å². The van der Waals surface area contributed by atoms with Gasteiger partial charge in [-0.25, -0.2) is 26.9 Å². The van der Waals surface area contributed by atoms with Gasteiger partial charge in [0.25, 0.3) is 0 Å². The third kappa shape index (κ3) is 4.89. The number of nitrogens with zero attached hydrogens (tertiary/aromatic N) is 1. The van der Waals surface area contributed by atoms with Gasteiger partial charge in [0.1, 0.15) is 0 Å². The lowest BCUT2D eigenvalue weighted by atomic mass is 10.1. The smallest absolute Gasteiger partial charge is 0.209 e. The molecule has 0 aromatic carbocycles. The lowest BCUT2D eigenvalue weighted by Crippen LogP contribution is -2.47. The van der Waals surface area contributed by atoms with Crippen molar-refractivity contribution in [1.82, 2.24) is 9.71 Å². The maximum atomic E-state index is 13.5. The normalized spacial score (nSPS) is 12.3. The van der Waals surface area contributed by atoms with Gasteiger partial charge in [0, 0.05) is 25.2 Å². The predicted octanol–water partition coefficient (Wildman–Crippen LogP) is 1.14. The highest BCUT2D eigenvalue weighted by molar-refractivity contribution is 7.88. The highest BCUT2D eigenvalue weighted by Gasteiger charge is 2.23. The molecule has 0 atom stereocenters. The number of aromatic nitrogens is 1. The van der Waals surface area contributed by atoms with Crippen LogP contribution in [0.1, 0.15) is 13.8 Å². The number of rotatable bonds is 6. The zero-order valence-corrected chi connectivity index (χ0v) is 12.5. The van der Waals surface area contributed by atoms with Crippen LogP contribution >= 0.6 is 0 Å². The molecule has 0 aliphatic heterocycles. The van der Waals surface area contributed by atoms with E-state index < -0.39 is 27.2 Å². The van der Waals surface area contributed by atoms with E-state index in [1.165, 1.54) is 7.05 Å². The lowest BCUT2D eigenvalue weighted by Gasteiger charge is -2.25. The van der Waals surface area contributed by atoms with E-state index in [1.807, 2.05) is 0 Å². The molecule has 0 fully saturated rings. The van der Waals surface area contributed by atoms with Crippen molar-refractivity contribution in [2.45, 2.75) is 19.4 Å². The van der Waals surface area contributed by atoms with Crippen LogP contribution in [-0.4, -0.2) is 38.8 Å². The lowest BCUT2D eigenvalue weighted by molar-refractivity contribution is 0.474. The first-order valence-corrected chi connectivity index (χ1v) is 7.70. The summed E-state index contributed by atoms with van der Waals surface area (Å²) < 4.78 is 51.6. The summed E-state index contributed by atoms with van der Waals surface area (Å²) >= 11 is 0. The average Bonchev–Trinajstić information content (AvgIpc) is 2.24. The Bertz CT molecular complexity index is 590.